The molecule has 1 amide bonds. The van der Waals surface area contributed by atoms with Crippen LogP contribution in [-0.4, -0.2) is 71.5 Å². The molecule has 2 fully saturated rings. The molecule has 6 nitrogen and oxygen atoms in total. The van der Waals surface area contributed by atoms with Crippen molar-refractivity contribution in [1.29, 1.82) is 0 Å². The number of hydrogen-bond donors (Lipinski definition) is 0. The number of carbonyl (C=O) groups is 1. The fraction of sp³-hybridized carbons (Fsp3) is 0.421. The summed E-state index contributed by atoms with van der Waals surface area (Å²) in [6, 6.07) is 6.18. The first kappa shape index (κ1) is 19.3. The molecule has 4 rings (SSSR count). The first-order valence-corrected chi connectivity index (χ1v) is 10.8. The van der Waals surface area contributed by atoms with Crippen molar-refractivity contribution in [1.82, 2.24) is 14.9 Å². The summed E-state index contributed by atoms with van der Waals surface area (Å²) in [5.41, 5.74) is 0.0603. The second kappa shape index (κ2) is 8.53. The Morgan fingerprint density at radius 3 is 2.25 bits per heavy atom. The standard InChI is InChI=1S/C19H21ClFN5OS/c20-14-1-2-15(16(21)11-14)19(27)26-5-3-24(4-6-26)17-12-18(23-13-22-17)25-7-9-28-10-8-25/h1-2,11-13H,3-10H2. The van der Waals surface area contributed by atoms with Gasteiger partial charge in [-0.05, 0) is 18.2 Å². The Kier molecular flexibility index (Phi) is 5.87. The van der Waals surface area contributed by atoms with E-state index in [-0.39, 0.29) is 16.5 Å². The molecular weight excluding hydrogens is 401 g/mol. The zero-order chi connectivity index (χ0) is 19.5. The zero-order valence-corrected chi connectivity index (χ0v) is 16.9. The van der Waals surface area contributed by atoms with Crippen LogP contribution in [0.15, 0.2) is 30.6 Å². The molecule has 3 heterocycles. The predicted octanol–water partition coefficient (Wildman–Crippen LogP) is 2.78. The van der Waals surface area contributed by atoms with E-state index in [2.05, 4.69) is 19.8 Å². The number of carbonyl (C=O) groups excluding carboxylic acids is 1. The maximum atomic E-state index is 14.1. The van der Waals surface area contributed by atoms with Gasteiger partial charge in [0.2, 0.25) is 0 Å². The van der Waals surface area contributed by atoms with Gasteiger partial charge in [-0.25, -0.2) is 14.4 Å². The number of nitrogens with zero attached hydrogens (tertiary/aromatic N) is 5. The van der Waals surface area contributed by atoms with Crippen LogP contribution in [0.4, 0.5) is 16.0 Å². The lowest BCUT2D eigenvalue weighted by Crippen LogP contribution is -2.49. The molecule has 0 unspecified atom stereocenters. The topological polar surface area (TPSA) is 52.6 Å². The van der Waals surface area contributed by atoms with E-state index in [1.807, 2.05) is 17.8 Å². The Bertz CT molecular complexity index is 856. The van der Waals surface area contributed by atoms with Crippen LogP contribution in [0.5, 0.6) is 0 Å². The lowest BCUT2D eigenvalue weighted by Gasteiger charge is -2.36. The van der Waals surface area contributed by atoms with Crippen molar-refractivity contribution in [2.24, 2.45) is 0 Å². The summed E-state index contributed by atoms with van der Waals surface area (Å²) in [6.07, 6.45) is 1.60. The normalized spacial score (nSPS) is 17.7. The SMILES string of the molecule is O=C(c1ccc(Cl)cc1F)N1CCN(c2cc(N3CCSCC3)ncn2)CC1. The number of anilines is 2. The van der Waals surface area contributed by atoms with Crippen LogP contribution in [0, 0.1) is 5.82 Å². The highest BCUT2D eigenvalue weighted by Crippen LogP contribution is 2.23. The second-order valence-electron chi connectivity index (χ2n) is 6.74. The predicted molar refractivity (Wildman–Crippen MR) is 111 cm³/mol. The average molecular weight is 422 g/mol. The molecule has 0 spiro atoms. The molecule has 2 aliphatic rings. The zero-order valence-electron chi connectivity index (χ0n) is 15.4. The van der Waals surface area contributed by atoms with E-state index in [9.17, 15) is 9.18 Å². The smallest absolute Gasteiger partial charge is 0.256 e. The third-order valence-corrected chi connectivity index (χ3v) is 6.20. The highest BCUT2D eigenvalue weighted by Gasteiger charge is 2.25. The number of amides is 1. The van der Waals surface area contributed by atoms with Gasteiger partial charge >= 0.3 is 0 Å². The van der Waals surface area contributed by atoms with Gasteiger partial charge in [0.25, 0.3) is 5.91 Å². The van der Waals surface area contributed by atoms with Gasteiger partial charge in [-0.2, -0.15) is 11.8 Å². The molecule has 28 heavy (non-hydrogen) atoms. The summed E-state index contributed by atoms with van der Waals surface area (Å²) in [4.78, 5) is 27.6. The first-order chi connectivity index (χ1) is 13.6. The largest absolute Gasteiger partial charge is 0.355 e. The molecule has 2 aliphatic heterocycles. The van der Waals surface area contributed by atoms with Crippen molar-refractivity contribution >= 4 is 40.9 Å². The molecule has 1 aromatic heterocycles. The number of hydrogen-bond acceptors (Lipinski definition) is 6. The van der Waals surface area contributed by atoms with Gasteiger partial charge in [-0.3, -0.25) is 4.79 Å². The molecule has 2 aromatic rings. The Labute approximate surface area is 172 Å². The Morgan fingerprint density at radius 2 is 1.61 bits per heavy atom. The van der Waals surface area contributed by atoms with Gasteiger partial charge in [-0.1, -0.05) is 11.6 Å². The van der Waals surface area contributed by atoms with Crippen molar-refractivity contribution in [3.63, 3.8) is 0 Å². The van der Waals surface area contributed by atoms with Crippen molar-refractivity contribution in [3.05, 3.63) is 47.0 Å². The molecule has 0 bridgehead atoms. The summed E-state index contributed by atoms with van der Waals surface area (Å²) in [7, 11) is 0. The molecule has 148 valence electrons. The van der Waals surface area contributed by atoms with Gasteiger partial charge in [0.15, 0.2) is 0 Å². The molecule has 0 N–H and O–H groups in total. The lowest BCUT2D eigenvalue weighted by molar-refractivity contribution is 0.0742. The molecule has 0 saturated carbocycles. The minimum absolute atomic E-state index is 0.0603. The molecule has 0 aliphatic carbocycles. The third kappa shape index (κ3) is 4.17. The van der Waals surface area contributed by atoms with E-state index in [0.29, 0.717) is 26.2 Å². The molecule has 0 atom stereocenters. The molecular formula is C19H21ClFN5OS. The second-order valence-corrected chi connectivity index (χ2v) is 8.40. The lowest BCUT2D eigenvalue weighted by atomic mass is 10.1. The van der Waals surface area contributed by atoms with Crippen molar-refractivity contribution in [2.45, 2.75) is 0 Å². The van der Waals surface area contributed by atoms with Gasteiger partial charge in [-0.15, -0.1) is 0 Å². The Hall–Kier alpha value is -2.06. The van der Waals surface area contributed by atoms with Crippen molar-refractivity contribution in [3.8, 4) is 0 Å². The third-order valence-electron chi connectivity index (χ3n) is 5.03. The summed E-state index contributed by atoms with van der Waals surface area (Å²) >= 11 is 7.74. The molecule has 1 aromatic carbocycles. The Balaban J connectivity index is 1.40. The van der Waals surface area contributed by atoms with Gasteiger partial charge in [0.05, 0.1) is 5.56 Å². The van der Waals surface area contributed by atoms with Crippen LogP contribution in [0.2, 0.25) is 5.02 Å². The minimum Gasteiger partial charge on any atom is -0.355 e. The number of benzene rings is 1. The van der Waals surface area contributed by atoms with Crippen LogP contribution < -0.4 is 9.80 Å². The highest BCUT2D eigenvalue weighted by atomic mass is 35.5. The van der Waals surface area contributed by atoms with E-state index in [0.717, 1.165) is 36.2 Å². The summed E-state index contributed by atoms with van der Waals surface area (Å²) in [5.74, 6) is 3.16. The highest BCUT2D eigenvalue weighted by molar-refractivity contribution is 7.99. The maximum Gasteiger partial charge on any atom is 0.256 e. The Morgan fingerprint density at radius 1 is 0.964 bits per heavy atom. The van der Waals surface area contributed by atoms with Crippen LogP contribution in [0.25, 0.3) is 0 Å². The minimum atomic E-state index is -0.583. The van der Waals surface area contributed by atoms with Crippen LogP contribution in [0.3, 0.4) is 0 Å². The number of piperazine rings is 1. The number of aromatic nitrogens is 2. The fourth-order valence-electron chi connectivity index (χ4n) is 3.45. The van der Waals surface area contributed by atoms with Crippen LogP contribution in [-0.2, 0) is 0 Å². The quantitative estimate of drug-likeness (QED) is 0.759. The average Bonchev–Trinajstić information content (AvgIpc) is 2.74. The van der Waals surface area contributed by atoms with Crippen LogP contribution in [0.1, 0.15) is 10.4 Å². The maximum absolute atomic E-state index is 14.1. The summed E-state index contributed by atoms with van der Waals surface area (Å²) < 4.78 is 14.1. The first-order valence-electron chi connectivity index (χ1n) is 9.26. The summed E-state index contributed by atoms with van der Waals surface area (Å²) in [5, 5.41) is 0.283. The molecule has 0 radical (unpaired) electrons. The number of halogens is 2. The monoisotopic (exact) mass is 421 g/mol. The fourth-order valence-corrected chi connectivity index (χ4v) is 4.51. The molecule has 2 saturated heterocycles. The van der Waals surface area contributed by atoms with Gasteiger partial charge in [0.1, 0.15) is 23.8 Å². The van der Waals surface area contributed by atoms with Gasteiger partial charge < -0.3 is 14.7 Å². The van der Waals surface area contributed by atoms with E-state index < -0.39 is 5.82 Å². The van der Waals surface area contributed by atoms with E-state index in [1.165, 1.54) is 18.2 Å². The summed E-state index contributed by atoms with van der Waals surface area (Å²) in [6.45, 7) is 4.31. The van der Waals surface area contributed by atoms with Crippen molar-refractivity contribution < 1.29 is 9.18 Å². The van der Waals surface area contributed by atoms with E-state index >= 15 is 0 Å². The van der Waals surface area contributed by atoms with E-state index in [1.54, 1.807) is 11.2 Å². The van der Waals surface area contributed by atoms with Crippen LogP contribution >= 0.6 is 23.4 Å². The molecule has 9 heteroatoms. The number of thioether (sulfide) groups is 1. The van der Waals surface area contributed by atoms with Crippen molar-refractivity contribution in [2.75, 3.05) is 60.6 Å². The number of rotatable bonds is 3. The van der Waals surface area contributed by atoms with E-state index in [4.69, 9.17) is 11.6 Å². The van der Waals surface area contributed by atoms with Gasteiger partial charge in [0, 0.05) is 61.9 Å².